The van der Waals surface area contributed by atoms with Gasteiger partial charge in [0.25, 0.3) is 0 Å². The highest BCUT2D eigenvalue weighted by molar-refractivity contribution is 6.30. The number of nitrogens with one attached hydrogen (secondary N) is 2. The van der Waals surface area contributed by atoms with Crippen molar-refractivity contribution < 1.29 is 23.8 Å². The number of ether oxygens (including phenoxy) is 3. The summed E-state index contributed by atoms with van der Waals surface area (Å²) >= 11 is 6.21. The minimum Gasteiger partial charge on any atom is -0.457 e. The van der Waals surface area contributed by atoms with Crippen LogP contribution >= 0.6 is 11.6 Å². The van der Waals surface area contributed by atoms with Crippen molar-refractivity contribution in [3.05, 3.63) is 105 Å². The Morgan fingerprint density at radius 1 is 1.03 bits per heavy atom. The number of amides is 2. The van der Waals surface area contributed by atoms with E-state index in [0.29, 0.717) is 57.3 Å². The molecule has 0 aromatic heterocycles. The third-order valence-electron chi connectivity index (χ3n) is 6.08. The third kappa shape index (κ3) is 5.52. The van der Waals surface area contributed by atoms with Gasteiger partial charge < -0.3 is 24.8 Å². The lowest BCUT2D eigenvalue weighted by Crippen LogP contribution is -2.46. The maximum absolute atomic E-state index is 13.5. The minimum atomic E-state index is -0.753. The lowest BCUT2D eigenvalue weighted by Gasteiger charge is -2.29. The van der Waals surface area contributed by atoms with Gasteiger partial charge in [-0.1, -0.05) is 41.9 Å². The number of nitriles is 1. The molecule has 0 fully saturated rings. The average Bonchev–Trinajstić information content (AvgIpc) is 3.38. The molecule has 0 bridgehead atoms. The Morgan fingerprint density at radius 2 is 1.86 bits per heavy atom. The number of allylic oxidation sites excluding steroid dienone is 1. The fourth-order valence-electron chi connectivity index (χ4n) is 4.32. The van der Waals surface area contributed by atoms with E-state index in [9.17, 15) is 9.59 Å². The summed E-state index contributed by atoms with van der Waals surface area (Å²) in [5.74, 6) is 0.765. The maximum Gasteiger partial charge on any atom is 0.338 e. The Labute approximate surface area is 218 Å². The number of hydrogen-bond acceptors (Lipinski definition) is 6. The van der Waals surface area contributed by atoms with Gasteiger partial charge in [0, 0.05) is 10.7 Å². The van der Waals surface area contributed by atoms with Crippen molar-refractivity contribution in [1.82, 2.24) is 10.6 Å². The van der Waals surface area contributed by atoms with Crippen molar-refractivity contribution in [3.8, 4) is 17.6 Å². The molecule has 0 saturated heterocycles. The van der Waals surface area contributed by atoms with Gasteiger partial charge in [0.05, 0.1) is 23.2 Å². The van der Waals surface area contributed by atoms with Crippen LogP contribution in [-0.2, 0) is 22.6 Å². The Hall–Kier alpha value is -4.48. The molecule has 3 aromatic carbocycles. The molecule has 0 radical (unpaired) electrons. The molecule has 3 aromatic rings. The van der Waals surface area contributed by atoms with Crippen LogP contribution in [0, 0.1) is 11.3 Å². The van der Waals surface area contributed by atoms with E-state index in [1.807, 2.05) is 18.2 Å². The van der Waals surface area contributed by atoms with E-state index >= 15 is 0 Å². The number of carbonyl (C=O) groups excluding carboxylic acids is 2. The van der Waals surface area contributed by atoms with Crippen LogP contribution in [0.1, 0.15) is 34.7 Å². The number of carbonyl (C=O) groups is 2. The molecule has 2 aliphatic heterocycles. The number of aryl methyl sites for hydroxylation is 1. The standard InChI is InChI=1S/C28H22ClN3O5/c29-21-6-2-5-20(13-21)26-25(27(33)35-15-19-4-1-3-18(11-19)14-30)22(31-28(34)32-26)9-7-17-8-10-23-24(12-17)37-16-36-23/h1-6,8,10-13,26H,7,9,15-16H2,(H2,31,32,34). The van der Waals surface area contributed by atoms with Gasteiger partial charge >= 0.3 is 12.0 Å². The Balaban J connectivity index is 1.44. The molecule has 2 aliphatic rings. The predicted octanol–water partition coefficient (Wildman–Crippen LogP) is 4.92. The number of nitrogens with zero attached hydrogens (tertiary/aromatic N) is 1. The molecule has 2 N–H and O–H groups in total. The number of esters is 1. The Bertz CT molecular complexity index is 1450. The van der Waals surface area contributed by atoms with E-state index in [1.54, 1.807) is 48.5 Å². The van der Waals surface area contributed by atoms with Crippen molar-refractivity contribution >= 4 is 23.6 Å². The molecule has 9 heteroatoms. The smallest absolute Gasteiger partial charge is 0.338 e. The van der Waals surface area contributed by atoms with E-state index in [2.05, 4.69) is 16.7 Å². The molecule has 2 amide bonds. The second-order valence-corrected chi connectivity index (χ2v) is 8.99. The summed E-state index contributed by atoms with van der Waals surface area (Å²) in [5, 5.41) is 15.3. The van der Waals surface area contributed by atoms with Crippen LogP contribution in [0.4, 0.5) is 4.79 Å². The number of benzene rings is 3. The number of halogens is 1. The summed E-state index contributed by atoms with van der Waals surface area (Å²) in [7, 11) is 0. The van der Waals surface area contributed by atoms with Crippen LogP contribution in [0.2, 0.25) is 5.02 Å². The van der Waals surface area contributed by atoms with Gasteiger partial charge in [-0.05, 0) is 65.9 Å². The number of fused-ring (bicyclic) bond motifs is 1. The van der Waals surface area contributed by atoms with Gasteiger partial charge in [-0.25, -0.2) is 9.59 Å². The number of hydrogen-bond donors (Lipinski definition) is 2. The second kappa shape index (κ2) is 10.6. The van der Waals surface area contributed by atoms with Crippen molar-refractivity contribution in [3.63, 3.8) is 0 Å². The molecule has 5 rings (SSSR count). The molecular formula is C28H22ClN3O5. The normalized spacial score (nSPS) is 16.0. The zero-order valence-corrected chi connectivity index (χ0v) is 20.4. The molecule has 37 heavy (non-hydrogen) atoms. The van der Waals surface area contributed by atoms with Crippen LogP contribution in [0.5, 0.6) is 11.5 Å². The highest BCUT2D eigenvalue weighted by Gasteiger charge is 2.34. The van der Waals surface area contributed by atoms with Gasteiger partial charge in [0.1, 0.15) is 6.61 Å². The van der Waals surface area contributed by atoms with E-state index in [-0.39, 0.29) is 13.4 Å². The summed E-state index contributed by atoms with van der Waals surface area (Å²) < 4.78 is 16.5. The van der Waals surface area contributed by atoms with Gasteiger partial charge in [-0.15, -0.1) is 0 Å². The zero-order chi connectivity index (χ0) is 25.8. The minimum absolute atomic E-state index is 0.0243. The first-order valence-electron chi connectivity index (χ1n) is 11.6. The maximum atomic E-state index is 13.5. The fraction of sp³-hybridized carbons (Fsp3) is 0.179. The van der Waals surface area contributed by atoms with Crippen LogP contribution in [-0.4, -0.2) is 18.8 Å². The van der Waals surface area contributed by atoms with Crippen LogP contribution < -0.4 is 20.1 Å². The lowest BCUT2D eigenvalue weighted by molar-refractivity contribution is -0.140. The summed E-state index contributed by atoms with van der Waals surface area (Å²) in [4.78, 5) is 26.1. The summed E-state index contributed by atoms with van der Waals surface area (Å²) in [6, 6.07) is 20.4. The molecule has 1 atom stereocenters. The van der Waals surface area contributed by atoms with E-state index in [4.69, 9.17) is 31.1 Å². The van der Waals surface area contributed by atoms with Crippen molar-refractivity contribution in [2.75, 3.05) is 6.79 Å². The third-order valence-corrected chi connectivity index (χ3v) is 6.32. The Kier molecular flexibility index (Phi) is 6.97. The van der Waals surface area contributed by atoms with Gasteiger partial charge in [0.2, 0.25) is 6.79 Å². The molecule has 2 heterocycles. The number of urea groups is 1. The fourth-order valence-corrected chi connectivity index (χ4v) is 4.51. The van der Waals surface area contributed by atoms with E-state index in [0.717, 1.165) is 5.56 Å². The van der Waals surface area contributed by atoms with Gasteiger partial charge in [0.15, 0.2) is 11.5 Å². The van der Waals surface area contributed by atoms with E-state index < -0.39 is 18.0 Å². The van der Waals surface area contributed by atoms with Gasteiger partial charge in [-0.2, -0.15) is 5.26 Å². The monoisotopic (exact) mass is 515 g/mol. The number of rotatable bonds is 7. The largest absolute Gasteiger partial charge is 0.457 e. The summed E-state index contributed by atoms with van der Waals surface area (Å²) in [6.07, 6.45) is 0.911. The van der Waals surface area contributed by atoms with Crippen molar-refractivity contribution in [2.45, 2.75) is 25.5 Å². The first kappa shape index (κ1) is 24.2. The molecule has 0 spiro atoms. The molecule has 186 valence electrons. The highest BCUT2D eigenvalue weighted by atomic mass is 35.5. The van der Waals surface area contributed by atoms with E-state index in [1.165, 1.54) is 0 Å². The van der Waals surface area contributed by atoms with Crippen LogP contribution in [0.3, 0.4) is 0 Å². The van der Waals surface area contributed by atoms with Crippen LogP contribution in [0.15, 0.2) is 78.0 Å². The Morgan fingerprint density at radius 3 is 2.70 bits per heavy atom. The van der Waals surface area contributed by atoms with Gasteiger partial charge in [-0.3, -0.25) is 0 Å². The topological polar surface area (TPSA) is 110 Å². The van der Waals surface area contributed by atoms with Crippen molar-refractivity contribution in [1.29, 1.82) is 5.26 Å². The second-order valence-electron chi connectivity index (χ2n) is 8.55. The highest BCUT2D eigenvalue weighted by Crippen LogP contribution is 2.34. The predicted molar refractivity (Wildman–Crippen MR) is 135 cm³/mol. The summed E-state index contributed by atoms with van der Waals surface area (Å²) in [5.41, 5.74) is 3.52. The molecular weight excluding hydrogens is 494 g/mol. The lowest BCUT2D eigenvalue weighted by atomic mass is 9.93. The molecule has 8 nitrogen and oxygen atoms in total. The zero-order valence-electron chi connectivity index (χ0n) is 19.6. The van der Waals surface area contributed by atoms with Crippen LogP contribution in [0.25, 0.3) is 0 Å². The molecule has 0 saturated carbocycles. The SMILES string of the molecule is N#Cc1cccc(COC(=O)C2=C(CCc3ccc4c(c3)OCO4)NC(=O)NC2c2cccc(Cl)c2)c1. The first-order chi connectivity index (χ1) is 18.0. The quantitative estimate of drug-likeness (QED) is 0.432. The molecule has 0 aliphatic carbocycles. The summed E-state index contributed by atoms with van der Waals surface area (Å²) in [6.45, 7) is 0.156. The first-order valence-corrected chi connectivity index (χ1v) is 12.0. The van der Waals surface area contributed by atoms with Crippen molar-refractivity contribution in [2.24, 2.45) is 0 Å². The molecule has 1 unspecified atom stereocenters. The average molecular weight is 516 g/mol.